The summed E-state index contributed by atoms with van der Waals surface area (Å²) in [7, 11) is -3.27. The molecule has 0 bridgehead atoms. The fourth-order valence-electron chi connectivity index (χ4n) is 7.32. The summed E-state index contributed by atoms with van der Waals surface area (Å²) in [6, 6.07) is 5.02. The number of benzene rings is 1. The fraction of sp³-hybridized carbons (Fsp3) is 0.553. The van der Waals surface area contributed by atoms with E-state index in [1.165, 1.54) is 22.3 Å². The van der Waals surface area contributed by atoms with Gasteiger partial charge in [0.05, 0.1) is 24.9 Å². The van der Waals surface area contributed by atoms with E-state index in [-0.39, 0.29) is 31.5 Å². The monoisotopic (exact) mass is 798 g/mol. The first-order valence-electron chi connectivity index (χ1n) is 18.6. The van der Waals surface area contributed by atoms with Gasteiger partial charge in [0.2, 0.25) is 11.8 Å². The number of carbonyl (C=O) groups excluding carboxylic acids is 3. The standard InChI is InChI=1S/C38H51N6O9PS/c1-8-22-18-38(22,54(48,49)50)43-33(45)30-16-25(19-44(30)34(46)32(37(4,5)6)42-36(47)53-23-11-9-10-12-23)52-31-17-28(29-20-55-35(41-29)39-21(2)3)40-27-15-24(51-7)13-14-26(27)31/h8,13-15,17,20-23,25,30,32H,1,9-12,16,18-19H2,2-7H3,(H,39,41)(H,42,47)(H,43,45)(H2,48,49,50)/t22?,25-,30?,32?,38+/m1/s1. The molecule has 2 saturated carbocycles. The van der Waals surface area contributed by atoms with Crippen molar-refractivity contribution in [3.63, 3.8) is 0 Å². The van der Waals surface area contributed by atoms with Crippen LogP contribution in [0.5, 0.6) is 11.5 Å². The number of ether oxygens (including phenoxy) is 3. The van der Waals surface area contributed by atoms with Crippen LogP contribution in [0.4, 0.5) is 9.93 Å². The molecule has 17 heteroatoms. The van der Waals surface area contributed by atoms with Crippen molar-refractivity contribution in [3.05, 3.63) is 42.3 Å². The molecule has 6 rings (SSSR count). The molecule has 1 aliphatic heterocycles. The summed E-state index contributed by atoms with van der Waals surface area (Å²) in [5.41, 5.74) is 0.921. The zero-order valence-corrected chi connectivity index (χ0v) is 33.7. The Bertz CT molecular complexity index is 1990. The third-order valence-electron chi connectivity index (χ3n) is 10.4. The Kier molecular flexibility index (Phi) is 11.6. The lowest BCUT2D eigenvalue weighted by molar-refractivity contribution is -0.142. The summed E-state index contributed by atoms with van der Waals surface area (Å²) in [5, 5.41) is 10.1. The van der Waals surface area contributed by atoms with Gasteiger partial charge in [0, 0.05) is 41.3 Å². The van der Waals surface area contributed by atoms with Crippen LogP contribution in [0.15, 0.2) is 42.3 Å². The van der Waals surface area contributed by atoms with E-state index in [1.54, 1.807) is 46.1 Å². The summed E-state index contributed by atoms with van der Waals surface area (Å²) >= 11 is 1.44. The summed E-state index contributed by atoms with van der Waals surface area (Å²) < 4.78 is 30.5. The molecule has 15 nitrogen and oxygen atoms in total. The average molecular weight is 799 g/mol. The Balaban J connectivity index is 1.33. The maximum absolute atomic E-state index is 14.6. The highest BCUT2D eigenvalue weighted by atomic mass is 32.1. The van der Waals surface area contributed by atoms with Crippen molar-refractivity contribution < 1.29 is 42.9 Å². The first-order valence-corrected chi connectivity index (χ1v) is 21.1. The van der Waals surface area contributed by atoms with E-state index < -0.39 is 60.3 Å². The molecule has 1 saturated heterocycles. The third-order valence-corrected chi connectivity index (χ3v) is 12.8. The van der Waals surface area contributed by atoms with Gasteiger partial charge in [-0.05, 0) is 63.5 Å². The number of pyridine rings is 1. The van der Waals surface area contributed by atoms with E-state index in [0.717, 1.165) is 30.8 Å². The minimum absolute atomic E-state index is 0.00650. The van der Waals surface area contributed by atoms with Crippen molar-refractivity contribution in [1.29, 1.82) is 0 Å². The minimum atomic E-state index is -4.83. The number of amides is 3. The maximum Gasteiger partial charge on any atom is 0.408 e. The van der Waals surface area contributed by atoms with Gasteiger partial charge in [0.15, 0.2) is 5.13 Å². The van der Waals surface area contributed by atoms with Crippen LogP contribution in [0.25, 0.3) is 22.3 Å². The van der Waals surface area contributed by atoms with Crippen molar-refractivity contribution in [2.45, 2.75) is 109 Å². The van der Waals surface area contributed by atoms with Crippen LogP contribution >= 0.6 is 18.9 Å². The summed E-state index contributed by atoms with van der Waals surface area (Å²) in [5.74, 6) is -0.933. The van der Waals surface area contributed by atoms with Crippen molar-refractivity contribution in [2.75, 3.05) is 19.0 Å². The van der Waals surface area contributed by atoms with E-state index in [0.29, 0.717) is 33.8 Å². The summed E-state index contributed by atoms with van der Waals surface area (Å²) in [6.07, 6.45) is 3.10. The number of alkyl carbamates (subject to hydrolysis) is 1. The number of rotatable bonds is 13. The first kappa shape index (κ1) is 40.4. The van der Waals surface area contributed by atoms with Crippen LogP contribution < -0.4 is 25.4 Å². The van der Waals surface area contributed by atoms with Gasteiger partial charge in [-0.3, -0.25) is 14.2 Å². The zero-order valence-electron chi connectivity index (χ0n) is 32.0. The zero-order chi connectivity index (χ0) is 39.9. The second-order valence-corrected chi connectivity index (χ2v) is 18.7. The molecule has 3 fully saturated rings. The smallest absolute Gasteiger partial charge is 0.408 e. The number of fused-ring (bicyclic) bond motifs is 1. The Hall–Kier alpha value is -4.24. The highest BCUT2D eigenvalue weighted by molar-refractivity contribution is 7.54. The SMILES string of the molecule is C=CC1C[C@]1(NC(=O)C1C[C@@H](Oc2cc(-c3csc(NC(C)C)n3)nc3cc(OC)ccc23)CN1C(=O)C(NC(=O)OC1CCCC1)C(C)(C)C)P(=O)(O)O. The Morgan fingerprint density at radius 2 is 1.84 bits per heavy atom. The van der Waals surface area contributed by atoms with Gasteiger partial charge in [-0.1, -0.05) is 26.8 Å². The molecule has 3 aromatic rings. The largest absolute Gasteiger partial charge is 0.497 e. The van der Waals surface area contributed by atoms with Crippen LogP contribution in [0.3, 0.4) is 0 Å². The van der Waals surface area contributed by atoms with Gasteiger partial charge < -0.3 is 44.8 Å². The van der Waals surface area contributed by atoms with Gasteiger partial charge >= 0.3 is 13.7 Å². The second kappa shape index (κ2) is 15.7. The van der Waals surface area contributed by atoms with E-state index in [9.17, 15) is 28.7 Å². The van der Waals surface area contributed by atoms with Crippen LogP contribution in [-0.4, -0.2) is 91.8 Å². The van der Waals surface area contributed by atoms with Crippen LogP contribution in [0.2, 0.25) is 0 Å². The molecule has 3 aliphatic rings. The fourth-order valence-corrected chi connectivity index (χ4v) is 9.40. The number of nitrogens with one attached hydrogen (secondary N) is 3. The number of aromatic nitrogens is 2. The van der Waals surface area contributed by atoms with Gasteiger partial charge in [0.1, 0.15) is 46.8 Å². The number of methoxy groups -OCH3 is 1. The van der Waals surface area contributed by atoms with Crippen molar-refractivity contribution >= 4 is 52.9 Å². The molecule has 3 amide bonds. The third kappa shape index (κ3) is 8.77. The number of thiazole rings is 1. The molecule has 5 N–H and O–H groups in total. The molecule has 2 aliphatic carbocycles. The van der Waals surface area contributed by atoms with E-state index >= 15 is 0 Å². The molecule has 298 valence electrons. The number of anilines is 1. The predicted octanol–water partition coefficient (Wildman–Crippen LogP) is 5.82. The van der Waals surface area contributed by atoms with E-state index in [2.05, 4.69) is 22.5 Å². The minimum Gasteiger partial charge on any atom is -0.497 e. The van der Waals surface area contributed by atoms with Crippen LogP contribution in [-0.2, 0) is 18.9 Å². The molecule has 55 heavy (non-hydrogen) atoms. The molecule has 3 heterocycles. The van der Waals surface area contributed by atoms with Gasteiger partial charge in [0.25, 0.3) is 0 Å². The highest BCUT2D eigenvalue weighted by Crippen LogP contribution is 2.67. The summed E-state index contributed by atoms with van der Waals surface area (Å²) in [6.45, 7) is 13.0. The molecular formula is C38H51N6O9PS. The summed E-state index contributed by atoms with van der Waals surface area (Å²) in [4.78, 5) is 73.4. The molecule has 5 atom stereocenters. The molecule has 1 aromatic carbocycles. The lowest BCUT2D eigenvalue weighted by atomic mass is 9.85. The number of nitrogens with zero attached hydrogens (tertiary/aromatic N) is 3. The molecular weight excluding hydrogens is 747 g/mol. The van der Waals surface area contributed by atoms with Crippen LogP contribution in [0.1, 0.15) is 73.1 Å². The maximum atomic E-state index is 14.6. The van der Waals surface area contributed by atoms with Crippen molar-refractivity contribution in [2.24, 2.45) is 11.3 Å². The number of likely N-dealkylation sites (tertiary alicyclic amines) is 1. The topological polar surface area (TPSA) is 202 Å². The van der Waals surface area contributed by atoms with Crippen molar-refractivity contribution in [1.82, 2.24) is 25.5 Å². The Labute approximate surface area is 324 Å². The number of hydrogen-bond acceptors (Lipinski definition) is 11. The van der Waals surface area contributed by atoms with Crippen LogP contribution in [0, 0.1) is 11.3 Å². The Morgan fingerprint density at radius 1 is 1.11 bits per heavy atom. The highest BCUT2D eigenvalue weighted by Gasteiger charge is 2.66. The average Bonchev–Trinajstić information content (AvgIpc) is 3.50. The normalized spacial score (nSPS) is 23.4. The molecule has 2 aromatic heterocycles. The Morgan fingerprint density at radius 3 is 2.45 bits per heavy atom. The predicted molar refractivity (Wildman–Crippen MR) is 209 cm³/mol. The lowest BCUT2D eigenvalue weighted by Crippen LogP contribution is -2.58. The molecule has 0 radical (unpaired) electrons. The van der Waals surface area contributed by atoms with Gasteiger partial charge in [-0.15, -0.1) is 17.9 Å². The van der Waals surface area contributed by atoms with E-state index in [4.69, 9.17) is 24.2 Å². The van der Waals surface area contributed by atoms with Gasteiger partial charge in [-0.25, -0.2) is 14.8 Å². The van der Waals surface area contributed by atoms with Gasteiger partial charge in [-0.2, -0.15) is 0 Å². The molecule has 0 spiro atoms. The first-order chi connectivity index (χ1) is 25.9. The number of hydrogen-bond donors (Lipinski definition) is 5. The number of carbonyl (C=O) groups is 3. The van der Waals surface area contributed by atoms with Crippen molar-refractivity contribution in [3.8, 4) is 22.9 Å². The quantitative estimate of drug-likeness (QED) is 0.103. The lowest BCUT2D eigenvalue weighted by Gasteiger charge is -2.35. The second-order valence-electron chi connectivity index (χ2n) is 16.0. The van der Waals surface area contributed by atoms with E-state index in [1.807, 2.05) is 25.3 Å². The molecule has 3 unspecified atom stereocenters.